The highest BCUT2D eigenvalue weighted by Crippen LogP contribution is 2.29. The van der Waals surface area contributed by atoms with Crippen LogP contribution < -0.4 is 10.1 Å². The van der Waals surface area contributed by atoms with Crippen molar-refractivity contribution in [2.24, 2.45) is 0 Å². The summed E-state index contributed by atoms with van der Waals surface area (Å²) in [5.74, 6) is 0.601. The summed E-state index contributed by atoms with van der Waals surface area (Å²) in [7, 11) is 0. The van der Waals surface area contributed by atoms with E-state index in [1.54, 1.807) is 17.0 Å². The van der Waals surface area contributed by atoms with Gasteiger partial charge in [0, 0.05) is 6.54 Å². The molecule has 7 heteroatoms. The fraction of sp³-hybridized carbons (Fsp3) is 0.467. The molecule has 0 spiro atoms. The van der Waals surface area contributed by atoms with Gasteiger partial charge in [-0.05, 0) is 25.5 Å². The first kappa shape index (κ1) is 16.6. The summed E-state index contributed by atoms with van der Waals surface area (Å²) in [6.45, 7) is 3.05. The van der Waals surface area contributed by atoms with E-state index >= 15 is 0 Å². The van der Waals surface area contributed by atoms with Crippen LogP contribution in [0.1, 0.15) is 13.3 Å². The number of carbonyl (C=O) groups excluding carboxylic acids is 2. The minimum Gasteiger partial charge on any atom is -0.492 e. The van der Waals surface area contributed by atoms with Crippen LogP contribution in [0.2, 0.25) is 0 Å². The lowest BCUT2D eigenvalue weighted by molar-refractivity contribution is -0.120. The molecule has 6 nitrogen and oxygen atoms in total. The highest BCUT2D eigenvalue weighted by Gasteiger charge is 2.46. The number of amides is 2. The predicted molar refractivity (Wildman–Crippen MR) is 86.9 cm³/mol. The molecular formula is C15H20N2O4S. The molecule has 1 aromatic carbocycles. The van der Waals surface area contributed by atoms with Gasteiger partial charge >= 0.3 is 6.03 Å². The first-order chi connectivity index (χ1) is 10.2. The van der Waals surface area contributed by atoms with Gasteiger partial charge in [-0.15, -0.1) is 0 Å². The maximum absolute atomic E-state index is 12.4. The van der Waals surface area contributed by atoms with Crippen molar-refractivity contribution in [1.29, 1.82) is 0 Å². The van der Waals surface area contributed by atoms with Crippen molar-refractivity contribution in [3.63, 3.8) is 0 Å². The molecule has 0 aliphatic carbocycles. The average Bonchev–Trinajstić information content (AvgIpc) is 3.05. The van der Waals surface area contributed by atoms with Crippen molar-refractivity contribution in [2.75, 3.05) is 25.1 Å². The largest absolute Gasteiger partial charge is 0.492 e. The van der Waals surface area contributed by atoms with Gasteiger partial charge in [0.2, 0.25) is 0 Å². The first-order valence-corrected chi connectivity index (χ1v) is 7.14. The van der Waals surface area contributed by atoms with E-state index in [-0.39, 0.29) is 38.0 Å². The Hall–Kier alpha value is -1.73. The van der Waals surface area contributed by atoms with Gasteiger partial charge in [-0.3, -0.25) is 4.79 Å². The van der Waals surface area contributed by atoms with Gasteiger partial charge in [0.05, 0.1) is 18.4 Å². The van der Waals surface area contributed by atoms with Gasteiger partial charge in [-0.1, -0.05) is 12.1 Å². The zero-order chi connectivity index (χ0) is 14.8. The molecule has 2 aliphatic heterocycles. The maximum atomic E-state index is 12.4. The number of nitrogens with zero attached hydrogens (tertiary/aromatic N) is 1. The third kappa shape index (κ3) is 3.05. The summed E-state index contributed by atoms with van der Waals surface area (Å²) in [4.78, 5) is 25.8. The molecule has 2 fully saturated rings. The van der Waals surface area contributed by atoms with Gasteiger partial charge in [0.25, 0.3) is 0 Å². The lowest BCUT2D eigenvalue weighted by Crippen LogP contribution is -2.44. The highest BCUT2D eigenvalue weighted by molar-refractivity contribution is 7.59. The molecule has 1 N–H and O–H groups in total. The minimum atomic E-state index is -0.441. The number of rotatable bonds is 3. The molecule has 2 heterocycles. The van der Waals surface area contributed by atoms with E-state index in [1.807, 2.05) is 19.1 Å². The molecule has 0 saturated carbocycles. The Morgan fingerprint density at radius 3 is 3.00 bits per heavy atom. The fourth-order valence-corrected chi connectivity index (χ4v) is 2.86. The number of fused-ring (bicyclic) bond motifs is 1. The van der Waals surface area contributed by atoms with Crippen molar-refractivity contribution < 1.29 is 19.1 Å². The number of Topliss-reactive ketones (excluding diaryl/α,β-unsaturated/α-hetero) is 1. The van der Waals surface area contributed by atoms with Crippen LogP contribution in [-0.2, 0) is 9.53 Å². The number of ether oxygens (including phenoxy) is 2. The molecule has 2 atom stereocenters. The van der Waals surface area contributed by atoms with Gasteiger partial charge < -0.3 is 19.7 Å². The molecule has 2 saturated heterocycles. The number of hydrogen-bond donors (Lipinski definition) is 1. The molecule has 0 radical (unpaired) electrons. The number of carbonyl (C=O) groups is 2. The molecule has 1 aromatic rings. The molecule has 0 aromatic heterocycles. The standard InChI is InChI=1S/C15H18N2O4.H2S/c1-2-20-12-6-4-3-5-10(12)16-15(19)17-8-7-13-14(17)11(18)9-21-13;/h3-6,13-14H,2,7-9H2,1H3,(H,16,19);1H2/t13-,14-;/m1./s1. The third-order valence-corrected chi connectivity index (χ3v) is 3.80. The number of hydrogen-bond acceptors (Lipinski definition) is 4. The molecule has 0 bridgehead atoms. The van der Waals surface area contributed by atoms with Gasteiger partial charge in [-0.2, -0.15) is 13.5 Å². The van der Waals surface area contributed by atoms with Crippen LogP contribution in [-0.4, -0.2) is 48.6 Å². The second-order valence-electron chi connectivity index (χ2n) is 5.10. The van der Waals surface area contributed by atoms with E-state index in [0.717, 1.165) is 0 Å². The fourth-order valence-electron chi connectivity index (χ4n) is 2.86. The quantitative estimate of drug-likeness (QED) is 0.920. The monoisotopic (exact) mass is 324 g/mol. The Kier molecular flexibility index (Phi) is 5.31. The number of likely N-dealkylation sites (tertiary alicyclic amines) is 1. The van der Waals surface area contributed by atoms with Crippen LogP contribution in [0.25, 0.3) is 0 Å². The Morgan fingerprint density at radius 2 is 2.23 bits per heavy atom. The molecular weight excluding hydrogens is 304 g/mol. The number of para-hydroxylation sites is 2. The predicted octanol–water partition coefficient (Wildman–Crippen LogP) is 1.77. The van der Waals surface area contributed by atoms with E-state index in [9.17, 15) is 9.59 Å². The number of benzene rings is 1. The van der Waals surface area contributed by atoms with Crippen LogP contribution in [0.5, 0.6) is 5.75 Å². The molecule has 2 amide bonds. The summed E-state index contributed by atoms with van der Waals surface area (Å²) in [6.07, 6.45) is 0.558. The van der Waals surface area contributed by atoms with E-state index in [2.05, 4.69) is 5.32 Å². The Bertz CT molecular complexity index is 566. The number of nitrogens with one attached hydrogen (secondary N) is 1. The molecule has 2 aliphatic rings. The lowest BCUT2D eigenvalue weighted by atomic mass is 10.1. The van der Waals surface area contributed by atoms with E-state index in [1.165, 1.54) is 0 Å². The van der Waals surface area contributed by atoms with Crippen molar-refractivity contribution in [3.8, 4) is 5.75 Å². The van der Waals surface area contributed by atoms with Gasteiger partial charge in [0.1, 0.15) is 18.4 Å². The van der Waals surface area contributed by atoms with Crippen molar-refractivity contribution in [1.82, 2.24) is 4.90 Å². The molecule has 22 heavy (non-hydrogen) atoms. The second-order valence-corrected chi connectivity index (χ2v) is 5.10. The summed E-state index contributed by atoms with van der Waals surface area (Å²) in [5, 5.41) is 2.82. The van der Waals surface area contributed by atoms with Crippen molar-refractivity contribution in [2.45, 2.75) is 25.5 Å². The van der Waals surface area contributed by atoms with Crippen molar-refractivity contribution >= 4 is 31.0 Å². The normalized spacial score (nSPS) is 23.0. The van der Waals surface area contributed by atoms with Crippen LogP contribution in [0.3, 0.4) is 0 Å². The van der Waals surface area contributed by atoms with E-state index < -0.39 is 6.04 Å². The number of anilines is 1. The maximum Gasteiger partial charge on any atom is 0.322 e. The van der Waals surface area contributed by atoms with Crippen LogP contribution in [0.4, 0.5) is 10.5 Å². The zero-order valence-corrected chi connectivity index (χ0v) is 13.4. The van der Waals surface area contributed by atoms with E-state index in [0.29, 0.717) is 31.0 Å². The third-order valence-electron chi connectivity index (χ3n) is 3.80. The Labute approximate surface area is 136 Å². The van der Waals surface area contributed by atoms with Crippen LogP contribution in [0.15, 0.2) is 24.3 Å². The highest BCUT2D eigenvalue weighted by atomic mass is 32.1. The molecule has 120 valence electrons. The summed E-state index contributed by atoms with van der Waals surface area (Å²) in [6, 6.07) is 6.53. The second kappa shape index (κ2) is 7.02. The SMILES string of the molecule is CCOc1ccccc1NC(=O)N1CC[C@H]2OCC(=O)[C@H]21.S. The number of urea groups is 1. The molecule has 0 unspecified atom stereocenters. The topological polar surface area (TPSA) is 67.9 Å². The summed E-state index contributed by atoms with van der Waals surface area (Å²) >= 11 is 0. The first-order valence-electron chi connectivity index (χ1n) is 7.14. The van der Waals surface area contributed by atoms with E-state index in [4.69, 9.17) is 9.47 Å². The van der Waals surface area contributed by atoms with Gasteiger partial charge in [-0.25, -0.2) is 4.79 Å². The lowest BCUT2D eigenvalue weighted by Gasteiger charge is -2.22. The average molecular weight is 324 g/mol. The van der Waals surface area contributed by atoms with Crippen LogP contribution in [0, 0.1) is 0 Å². The van der Waals surface area contributed by atoms with Gasteiger partial charge in [0.15, 0.2) is 5.78 Å². The Morgan fingerprint density at radius 1 is 1.45 bits per heavy atom. The number of ketones is 1. The van der Waals surface area contributed by atoms with Crippen molar-refractivity contribution in [3.05, 3.63) is 24.3 Å². The smallest absolute Gasteiger partial charge is 0.322 e. The minimum absolute atomic E-state index is 0. The molecule has 3 rings (SSSR count). The summed E-state index contributed by atoms with van der Waals surface area (Å²) < 4.78 is 10.9. The van der Waals surface area contributed by atoms with Crippen LogP contribution >= 0.6 is 13.5 Å². The Balaban J connectivity index is 0.00000176. The zero-order valence-electron chi connectivity index (χ0n) is 12.4. The summed E-state index contributed by atoms with van der Waals surface area (Å²) in [5.41, 5.74) is 0.610.